The van der Waals surface area contributed by atoms with Crippen LogP contribution in [-0.4, -0.2) is 52.9 Å². The summed E-state index contributed by atoms with van der Waals surface area (Å²) in [4.78, 5) is 36.8. The summed E-state index contributed by atoms with van der Waals surface area (Å²) in [6.07, 6.45) is 0. The Balaban J connectivity index is 1.75. The van der Waals surface area contributed by atoms with Crippen LogP contribution in [0.25, 0.3) is 0 Å². The van der Waals surface area contributed by atoms with Crippen LogP contribution in [0.15, 0.2) is 24.3 Å². The summed E-state index contributed by atoms with van der Waals surface area (Å²) in [6.45, 7) is 10.1. The summed E-state index contributed by atoms with van der Waals surface area (Å²) in [7, 11) is 0. The van der Waals surface area contributed by atoms with Crippen molar-refractivity contribution in [3.05, 3.63) is 46.9 Å². The Kier molecular flexibility index (Phi) is 5.39. The molecule has 0 bridgehead atoms. The van der Waals surface area contributed by atoms with Gasteiger partial charge in [-0.3, -0.25) is 9.59 Å². The molecule has 142 valence electrons. The van der Waals surface area contributed by atoms with Crippen molar-refractivity contribution in [2.45, 2.75) is 27.7 Å². The molecule has 7 nitrogen and oxygen atoms in total. The first kappa shape index (κ1) is 18.8. The van der Waals surface area contributed by atoms with Crippen LogP contribution in [0.5, 0.6) is 0 Å². The molecule has 1 fully saturated rings. The lowest BCUT2D eigenvalue weighted by Gasteiger charge is -2.35. The summed E-state index contributed by atoms with van der Waals surface area (Å²) < 4.78 is 0. The molecule has 1 saturated heterocycles. The van der Waals surface area contributed by atoms with Crippen molar-refractivity contribution in [1.29, 1.82) is 0 Å². The zero-order valence-electron chi connectivity index (χ0n) is 16.2. The molecule has 2 heterocycles. The Hall–Kier alpha value is -2.96. The van der Waals surface area contributed by atoms with Gasteiger partial charge in [-0.05, 0) is 44.0 Å². The van der Waals surface area contributed by atoms with Crippen LogP contribution in [0, 0.1) is 20.8 Å². The second-order valence-corrected chi connectivity index (χ2v) is 6.90. The van der Waals surface area contributed by atoms with E-state index in [-0.39, 0.29) is 11.8 Å². The number of rotatable bonds is 3. The van der Waals surface area contributed by atoms with Gasteiger partial charge < -0.3 is 15.1 Å². The van der Waals surface area contributed by atoms with Gasteiger partial charge in [0.25, 0.3) is 5.91 Å². The van der Waals surface area contributed by atoms with Crippen LogP contribution in [-0.2, 0) is 4.79 Å². The van der Waals surface area contributed by atoms with Crippen LogP contribution in [0.2, 0.25) is 0 Å². The average Bonchev–Trinajstić information content (AvgIpc) is 2.64. The van der Waals surface area contributed by atoms with Crippen molar-refractivity contribution in [3.8, 4) is 0 Å². The second kappa shape index (κ2) is 7.73. The third kappa shape index (κ3) is 4.42. The van der Waals surface area contributed by atoms with E-state index in [9.17, 15) is 9.59 Å². The van der Waals surface area contributed by atoms with Crippen LogP contribution in [0.1, 0.15) is 34.4 Å². The zero-order chi connectivity index (χ0) is 19.6. The van der Waals surface area contributed by atoms with Gasteiger partial charge in [0.05, 0.1) is 0 Å². The third-order valence-corrected chi connectivity index (χ3v) is 4.87. The fraction of sp³-hybridized carbons (Fsp3) is 0.400. The molecule has 0 atom stereocenters. The van der Waals surface area contributed by atoms with E-state index < -0.39 is 0 Å². The molecule has 0 unspecified atom stereocenters. The second-order valence-electron chi connectivity index (χ2n) is 6.90. The van der Waals surface area contributed by atoms with Crippen molar-refractivity contribution in [2.75, 3.05) is 36.4 Å². The molecular formula is C20H25N5O2. The SMILES string of the molecule is CC(=O)N1CCN(c2cc(C(=O)Nc3ccc(C)c(C)c3)nc(C)n2)CC1. The molecule has 2 amide bonds. The number of hydrogen-bond donors (Lipinski definition) is 1. The molecule has 1 N–H and O–H groups in total. The van der Waals surface area contributed by atoms with Crippen LogP contribution < -0.4 is 10.2 Å². The average molecular weight is 367 g/mol. The highest BCUT2D eigenvalue weighted by Crippen LogP contribution is 2.18. The van der Waals surface area contributed by atoms with Gasteiger partial charge in [-0.2, -0.15) is 0 Å². The van der Waals surface area contributed by atoms with Crippen molar-refractivity contribution >= 4 is 23.3 Å². The lowest BCUT2D eigenvalue weighted by Crippen LogP contribution is -2.48. The zero-order valence-corrected chi connectivity index (χ0v) is 16.2. The quantitative estimate of drug-likeness (QED) is 0.901. The van der Waals surface area contributed by atoms with Gasteiger partial charge in [-0.1, -0.05) is 6.07 Å². The first-order valence-corrected chi connectivity index (χ1v) is 9.08. The molecule has 0 saturated carbocycles. The Morgan fingerprint density at radius 1 is 0.963 bits per heavy atom. The number of aromatic nitrogens is 2. The standard InChI is InChI=1S/C20H25N5O2/c1-13-5-6-17(11-14(13)2)23-20(27)18-12-19(22-15(3)21-18)25-9-7-24(8-10-25)16(4)26/h5-6,11-12H,7-10H2,1-4H3,(H,23,27). The molecule has 1 aliphatic rings. The third-order valence-electron chi connectivity index (χ3n) is 4.87. The number of nitrogens with zero attached hydrogens (tertiary/aromatic N) is 4. The number of hydrogen-bond acceptors (Lipinski definition) is 5. The molecule has 1 aromatic heterocycles. The fourth-order valence-electron chi connectivity index (χ4n) is 3.09. The Morgan fingerprint density at radius 2 is 1.67 bits per heavy atom. The summed E-state index contributed by atoms with van der Waals surface area (Å²) in [5, 5.41) is 2.90. The van der Waals surface area contributed by atoms with Gasteiger partial charge in [-0.15, -0.1) is 0 Å². The molecular weight excluding hydrogens is 342 g/mol. The first-order valence-electron chi connectivity index (χ1n) is 9.08. The highest BCUT2D eigenvalue weighted by atomic mass is 16.2. The Morgan fingerprint density at radius 3 is 2.30 bits per heavy atom. The maximum Gasteiger partial charge on any atom is 0.274 e. The number of aryl methyl sites for hydroxylation is 3. The number of nitrogens with one attached hydrogen (secondary N) is 1. The van der Waals surface area contributed by atoms with E-state index in [1.807, 2.05) is 36.9 Å². The molecule has 27 heavy (non-hydrogen) atoms. The largest absolute Gasteiger partial charge is 0.353 e. The van der Waals surface area contributed by atoms with Crippen LogP contribution in [0.4, 0.5) is 11.5 Å². The van der Waals surface area contributed by atoms with E-state index in [0.717, 1.165) is 17.1 Å². The minimum atomic E-state index is -0.257. The number of benzene rings is 1. The van der Waals surface area contributed by atoms with Gasteiger partial charge in [0, 0.05) is 44.9 Å². The first-order chi connectivity index (χ1) is 12.8. The molecule has 2 aromatic rings. The van der Waals surface area contributed by atoms with Crippen molar-refractivity contribution in [1.82, 2.24) is 14.9 Å². The fourth-order valence-corrected chi connectivity index (χ4v) is 3.09. The highest BCUT2D eigenvalue weighted by Gasteiger charge is 2.21. The van der Waals surface area contributed by atoms with Crippen LogP contribution in [0.3, 0.4) is 0 Å². The van der Waals surface area contributed by atoms with Crippen LogP contribution >= 0.6 is 0 Å². The topological polar surface area (TPSA) is 78.4 Å². The van der Waals surface area contributed by atoms with Crippen molar-refractivity contribution < 1.29 is 9.59 Å². The minimum Gasteiger partial charge on any atom is -0.353 e. The van der Waals surface area contributed by atoms with E-state index in [0.29, 0.717) is 37.7 Å². The summed E-state index contributed by atoms with van der Waals surface area (Å²) in [5.74, 6) is 1.09. The number of carbonyl (C=O) groups is 2. The number of piperazine rings is 1. The van der Waals surface area contributed by atoms with E-state index in [1.165, 1.54) is 5.56 Å². The van der Waals surface area contributed by atoms with Gasteiger partial charge in [0.2, 0.25) is 5.91 Å². The van der Waals surface area contributed by atoms with Crippen molar-refractivity contribution in [3.63, 3.8) is 0 Å². The Bertz CT molecular complexity index is 873. The van der Waals surface area contributed by atoms with E-state index in [1.54, 1.807) is 19.9 Å². The van der Waals surface area contributed by atoms with E-state index in [4.69, 9.17) is 0 Å². The predicted molar refractivity (Wildman–Crippen MR) is 105 cm³/mol. The number of amides is 2. The monoisotopic (exact) mass is 367 g/mol. The van der Waals surface area contributed by atoms with Gasteiger partial charge in [-0.25, -0.2) is 9.97 Å². The Labute approximate surface area is 159 Å². The van der Waals surface area contributed by atoms with Gasteiger partial charge >= 0.3 is 0 Å². The molecule has 3 rings (SSSR count). The summed E-state index contributed by atoms with van der Waals surface area (Å²) in [5.41, 5.74) is 3.38. The summed E-state index contributed by atoms with van der Waals surface area (Å²) >= 11 is 0. The van der Waals surface area contributed by atoms with Gasteiger partial charge in [0.15, 0.2) is 0 Å². The molecule has 0 aliphatic carbocycles. The maximum atomic E-state index is 12.7. The van der Waals surface area contributed by atoms with Gasteiger partial charge in [0.1, 0.15) is 17.3 Å². The number of carbonyl (C=O) groups excluding carboxylic acids is 2. The highest BCUT2D eigenvalue weighted by molar-refractivity contribution is 6.03. The molecule has 1 aromatic carbocycles. The maximum absolute atomic E-state index is 12.7. The van der Waals surface area contributed by atoms with Crippen molar-refractivity contribution in [2.24, 2.45) is 0 Å². The minimum absolute atomic E-state index is 0.0852. The summed E-state index contributed by atoms with van der Waals surface area (Å²) in [6, 6.07) is 7.53. The lowest BCUT2D eigenvalue weighted by molar-refractivity contribution is -0.129. The van der Waals surface area contributed by atoms with E-state index >= 15 is 0 Å². The molecule has 1 aliphatic heterocycles. The molecule has 0 spiro atoms. The molecule has 7 heteroatoms. The molecule has 0 radical (unpaired) electrons. The smallest absolute Gasteiger partial charge is 0.274 e. The number of anilines is 2. The predicted octanol–water partition coefficient (Wildman–Crippen LogP) is 2.32. The van der Waals surface area contributed by atoms with E-state index in [2.05, 4.69) is 20.2 Å². The normalized spacial score (nSPS) is 14.2. The lowest BCUT2D eigenvalue weighted by atomic mass is 10.1.